The topological polar surface area (TPSA) is 66.4 Å². The van der Waals surface area contributed by atoms with Crippen molar-refractivity contribution in [2.45, 2.75) is 11.8 Å². The third-order valence-corrected chi connectivity index (χ3v) is 4.19. The zero-order chi connectivity index (χ0) is 14.9. The van der Waals surface area contributed by atoms with Gasteiger partial charge in [0.05, 0.1) is 5.69 Å². The molecule has 7 heteroatoms. The van der Waals surface area contributed by atoms with Gasteiger partial charge in [-0.25, -0.2) is 12.8 Å². The summed E-state index contributed by atoms with van der Waals surface area (Å²) in [5, 5.41) is 9.83. The number of aromatic hydroxyl groups is 1. The van der Waals surface area contributed by atoms with Crippen LogP contribution in [0.2, 0.25) is 5.02 Å². The van der Waals surface area contributed by atoms with Crippen LogP contribution in [0.3, 0.4) is 0 Å². The summed E-state index contributed by atoms with van der Waals surface area (Å²) in [5.41, 5.74) is 0.487. The summed E-state index contributed by atoms with van der Waals surface area (Å²) in [5.74, 6) is -1.17. The molecule has 0 saturated heterocycles. The van der Waals surface area contributed by atoms with Crippen molar-refractivity contribution in [2.24, 2.45) is 0 Å². The Morgan fingerprint density at radius 3 is 2.60 bits per heavy atom. The summed E-state index contributed by atoms with van der Waals surface area (Å²) >= 11 is 5.73. The lowest BCUT2D eigenvalue weighted by atomic mass is 10.2. The maximum atomic E-state index is 13.6. The highest BCUT2D eigenvalue weighted by atomic mass is 35.5. The van der Waals surface area contributed by atoms with Crippen molar-refractivity contribution < 1.29 is 17.9 Å². The molecule has 0 aromatic heterocycles. The molecule has 0 unspecified atom stereocenters. The van der Waals surface area contributed by atoms with E-state index in [9.17, 15) is 17.9 Å². The van der Waals surface area contributed by atoms with Gasteiger partial charge in [0, 0.05) is 5.02 Å². The molecule has 0 fully saturated rings. The first-order valence-electron chi connectivity index (χ1n) is 5.57. The number of nitrogens with one attached hydrogen (secondary N) is 1. The Balaban J connectivity index is 2.46. The molecular weight excluding hydrogens is 305 g/mol. The zero-order valence-corrected chi connectivity index (χ0v) is 12.0. The van der Waals surface area contributed by atoms with Gasteiger partial charge in [0.15, 0.2) is 0 Å². The first-order chi connectivity index (χ1) is 9.29. The van der Waals surface area contributed by atoms with E-state index in [1.54, 1.807) is 6.92 Å². The molecule has 0 aliphatic heterocycles. The van der Waals surface area contributed by atoms with Gasteiger partial charge in [-0.3, -0.25) is 4.72 Å². The maximum Gasteiger partial charge on any atom is 0.264 e. The Kier molecular flexibility index (Phi) is 3.87. The molecule has 0 bridgehead atoms. The molecule has 20 heavy (non-hydrogen) atoms. The maximum absolute atomic E-state index is 13.6. The standard InChI is InChI=1S/C13H11ClFNO3S/c1-8-2-4-10(15)13(6-8)20(18,19)16-11-7-9(14)3-5-12(11)17/h2-7,16-17H,1H3. The van der Waals surface area contributed by atoms with Crippen molar-refractivity contribution in [1.29, 1.82) is 0 Å². The lowest BCUT2D eigenvalue weighted by molar-refractivity contribution is 0.477. The molecule has 2 rings (SSSR count). The molecule has 0 radical (unpaired) electrons. The number of rotatable bonds is 3. The van der Waals surface area contributed by atoms with Crippen LogP contribution in [-0.2, 0) is 10.0 Å². The molecule has 106 valence electrons. The van der Waals surface area contributed by atoms with Crippen molar-refractivity contribution in [3.8, 4) is 5.75 Å². The van der Waals surface area contributed by atoms with Gasteiger partial charge in [0.1, 0.15) is 16.5 Å². The fourth-order valence-corrected chi connectivity index (χ4v) is 3.01. The minimum atomic E-state index is -4.15. The minimum Gasteiger partial charge on any atom is -0.506 e. The predicted molar refractivity (Wildman–Crippen MR) is 75.1 cm³/mol. The lowest BCUT2D eigenvalue weighted by Crippen LogP contribution is -2.15. The number of phenolic OH excluding ortho intramolecular Hbond substituents is 1. The summed E-state index contributed by atoms with van der Waals surface area (Å²) in [6.45, 7) is 1.65. The lowest BCUT2D eigenvalue weighted by Gasteiger charge is -2.11. The van der Waals surface area contributed by atoms with Crippen LogP contribution < -0.4 is 4.72 Å². The molecule has 2 aromatic rings. The van der Waals surface area contributed by atoms with Crippen LogP contribution in [0.5, 0.6) is 5.75 Å². The Hall–Kier alpha value is -1.79. The van der Waals surface area contributed by atoms with Crippen molar-refractivity contribution in [3.05, 3.63) is 52.8 Å². The third-order valence-electron chi connectivity index (χ3n) is 2.58. The van der Waals surface area contributed by atoms with E-state index in [1.165, 1.54) is 30.3 Å². The molecule has 0 heterocycles. The van der Waals surface area contributed by atoms with E-state index in [0.29, 0.717) is 5.56 Å². The quantitative estimate of drug-likeness (QED) is 0.854. The highest BCUT2D eigenvalue weighted by Gasteiger charge is 2.20. The van der Waals surface area contributed by atoms with E-state index in [1.807, 2.05) is 0 Å². The van der Waals surface area contributed by atoms with Crippen LogP contribution in [-0.4, -0.2) is 13.5 Å². The van der Waals surface area contributed by atoms with Gasteiger partial charge < -0.3 is 5.11 Å². The predicted octanol–water partition coefficient (Wildman–Crippen LogP) is 3.29. The molecule has 0 saturated carbocycles. The molecule has 0 spiro atoms. The second kappa shape index (κ2) is 5.30. The summed E-state index contributed by atoms with van der Waals surface area (Å²) in [4.78, 5) is -0.489. The second-order valence-corrected chi connectivity index (χ2v) is 6.29. The Bertz CT molecular complexity index is 762. The summed E-state index contributed by atoms with van der Waals surface area (Å²) in [7, 11) is -4.15. The molecule has 0 amide bonds. The highest BCUT2D eigenvalue weighted by molar-refractivity contribution is 7.92. The number of benzene rings is 2. The van der Waals surface area contributed by atoms with Crippen LogP contribution in [0.15, 0.2) is 41.3 Å². The van der Waals surface area contributed by atoms with E-state index in [2.05, 4.69) is 4.72 Å². The monoisotopic (exact) mass is 315 g/mol. The highest BCUT2D eigenvalue weighted by Crippen LogP contribution is 2.29. The SMILES string of the molecule is Cc1ccc(F)c(S(=O)(=O)Nc2cc(Cl)ccc2O)c1. The van der Waals surface area contributed by atoms with Crippen LogP contribution in [0, 0.1) is 12.7 Å². The molecule has 0 atom stereocenters. The Labute approximate surface area is 120 Å². The molecule has 0 aliphatic rings. The summed E-state index contributed by atoms with van der Waals surface area (Å²) in [6.07, 6.45) is 0. The fraction of sp³-hybridized carbons (Fsp3) is 0.0769. The fourth-order valence-electron chi connectivity index (χ4n) is 1.61. The molecule has 0 aliphatic carbocycles. The van der Waals surface area contributed by atoms with E-state index in [0.717, 1.165) is 6.07 Å². The average molecular weight is 316 g/mol. The Morgan fingerprint density at radius 1 is 1.20 bits per heavy atom. The minimum absolute atomic E-state index is 0.113. The van der Waals surface area contributed by atoms with Crippen LogP contribution in [0.25, 0.3) is 0 Å². The van der Waals surface area contributed by atoms with E-state index < -0.39 is 20.7 Å². The third kappa shape index (κ3) is 3.02. The molecule has 2 aromatic carbocycles. The number of aryl methyl sites for hydroxylation is 1. The number of phenols is 1. The van der Waals surface area contributed by atoms with Gasteiger partial charge in [0.2, 0.25) is 0 Å². The molecule has 4 nitrogen and oxygen atoms in total. The molecule has 2 N–H and O–H groups in total. The van der Waals surface area contributed by atoms with Crippen molar-refractivity contribution in [2.75, 3.05) is 4.72 Å². The van der Waals surface area contributed by atoms with Gasteiger partial charge in [0.25, 0.3) is 10.0 Å². The van der Waals surface area contributed by atoms with Gasteiger partial charge in [-0.05, 0) is 42.8 Å². The van der Waals surface area contributed by atoms with Gasteiger partial charge in [-0.1, -0.05) is 17.7 Å². The normalized spacial score (nSPS) is 11.3. The van der Waals surface area contributed by atoms with Crippen LogP contribution >= 0.6 is 11.6 Å². The molecular formula is C13H11ClFNO3S. The number of halogens is 2. The van der Waals surface area contributed by atoms with Crippen molar-refractivity contribution in [3.63, 3.8) is 0 Å². The average Bonchev–Trinajstić information content (AvgIpc) is 2.36. The number of hydrogen-bond donors (Lipinski definition) is 2. The van der Waals surface area contributed by atoms with Gasteiger partial charge in [-0.2, -0.15) is 0 Å². The number of sulfonamides is 1. The van der Waals surface area contributed by atoms with Gasteiger partial charge >= 0.3 is 0 Å². The van der Waals surface area contributed by atoms with E-state index in [-0.39, 0.29) is 16.5 Å². The number of hydrogen-bond acceptors (Lipinski definition) is 3. The first-order valence-corrected chi connectivity index (χ1v) is 7.43. The van der Waals surface area contributed by atoms with Gasteiger partial charge in [-0.15, -0.1) is 0 Å². The zero-order valence-electron chi connectivity index (χ0n) is 10.4. The van der Waals surface area contributed by atoms with Crippen molar-refractivity contribution >= 4 is 27.3 Å². The largest absolute Gasteiger partial charge is 0.506 e. The second-order valence-electron chi connectivity index (χ2n) is 4.20. The number of anilines is 1. The van der Waals surface area contributed by atoms with E-state index in [4.69, 9.17) is 11.6 Å². The first kappa shape index (κ1) is 14.6. The van der Waals surface area contributed by atoms with E-state index >= 15 is 0 Å². The summed E-state index contributed by atoms with van der Waals surface area (Å²) < 4.78 is 40.0. The van der Waals surface area contributed by atoms with Crippen molar-refractivity contribution in [1.82, 2.24) is 0 Å². The summed E-state index contributed by atoms with van der Waals surface area (Å²) in [6, 6.07) is 7.63. The van der Waals surface area contributed by atoms with Crippen LogP contribution in [0.4, 0.5) is 10.1 Å². The Morgan fingerprint density at radius 2 is 1.90 bits per heavy atom. The van der Waals surface area contributed by atoms with Crippen LogP contribution in [0.1, 0.15) is 5.56 Å². The smallest absolute Gasteiger partial charge is 0.264 e.